The summed E-state index contributed by atoms with van der Waals surface area (Å²) in [6.45, 7) is 5.58. The lowest BCUT2D eigenvalue weighted by molar-refractivity contribution is -0.138. The number of carbonyl (C=O) groups is 2. The topological polar surface area (TPSA) is 49.9 Å². The van der Waals surface area contributed by atoms with E-state index >= 15 is 0 Å². The Labute approximate surface area is 171 Å². The SMILES string of the molecule is CCN(C1=C(c2ccc(C)cc2)C(=O)N(CC2CCCO2)C1=O)c1ccccc1. The van der Waals surface area contributed by atoms with E-state index in [1.807, 2.05) is 73.3 Å². The van der Waals surface area contributed by atoms with Crippen molar-refractivity contribution in [1.29, 1.82) is 0 Å². The second-order valence-electron chi connectivity index (χ2n) is 7.53. The number of rotatable bonds is 6. The van der Waals surface area contributed by atoms with Crippen LogP contribution in [0.15, 0.2) is 60.3 Å². The monoisotopic (exact) mass is 390 g/mol. The van der Waals surface area contributed by atoms with Gasteiger partial charge in [-0.1, -0.05) is 48.0 Å². The van der Waals surface area contributed by atoms with Gasteiger partial charge in [0.15, 0.2) is 0 Å². The van der Waals surface area contributed by atoms with Gasteiger partial charge in [-0.05, 0) is 44.4 Å². The van der Waals surface area contributed by atoms with Crippen LogP contribution in [-0.4, -0.2) is 42.5 Å². The van der Waals surface area contributed by atoms with Crippen molar-refractivity contribution in [1.82, 2.24) is 4.90 Å². The summed E-state index contributed by atoms with van der Waals surface area (Å²) in [5.74, 6) is -0.481. The number of nitrogens with zero attached hydrogens (tertiary/aromatic N) is 2. The third kappa shape index (κ3) is 3.70. The van der Waals surface area contributed by atoms with Crippen LogP contribution in [0.2, 0.25) is 0 Å². The molecule has 5 nitrogen and oxygen atoms in total. The van der Waals surface area contributed by atoms with Crippen LogP contribution in [-0.2, 0) is 14.3 Å². The highest BCUT2D eigenvalue weighted by atomic mass is 16.5. The minimum Gasteiger partial charge on any atom is -0.376 e. The normalized spacial score (nSPS) is 19.4. The number of hydrogen-bond acceptors (Lipinski definition) is 4. The molecule has 2 amide bonds. The Hall–Kier alpha value is -2.92. The van der Waals surface area contributed by atoms with Gasteiger partial charge in [0.25, 0.3) is 11.8 Å². The zero-order valence-corrected chi connectivity index (χ0v) is 16.9. The molecule has 1 saturated heterocycles. The number of benzene rings is 2. The molecule has 0 saturated carbocycles. The van der Waals surface area contributed by atoms with Crippen LogP contribution in [0, 0.1) is 6.92 Å². The Kier molecular flexibility index (Phi) is 5.49. The van der Waals surface area contributed by atoms with Gasteiger partial charge in [0.1, 0.15) is 5.70 Å². The Bertz CT molecular complexity index is 928. The lowest BCUT2D eigenvalue weighted by Crippen LogP contribution is -2.40. The number of imide groups is 1. The maximum Gasteiger partial charge on any atom is 0.278 e. The molecule has 2 aliphatic rings. The van der Waals surface area contributed by atoms with Crippen LogP contribution < -0.4 is 4.90 Å². The second kappa shape index (κ2) is 8.21. The molecule has 2 aromatic rings. The molecule has 2 aromatic carbocycles. The molecule has 1 atom stereocenters. The number of carbonyl (C=O) groups excluding carboxylic acids is 2. The smallest absolute Gasteiger partial charge is 0.278 e. The number of amides is 2. The molecule has 150 valence electrons. The molecule has 4 rings (SSSR count). The standard InChI is InChI=1S/C24H26N2O3/c1-3-25(19-8-5-4-6-9-19)22-21(18-13-11-17(2)12-14-18)23(27)26(24(22)28)16-20-10-7-15-29-20/h4-6,8-9,11-14,20H,3,7,10,15-16H2,1-2H3. The van der Waals surface area contributed by atoms with E-state index in [-0.39, 0.29) is 17.9 Å². The summed E-state index contributed by atoms with van der Waals surface area (Å²) in [5.41, 5.74) is 3.70. The molecule has 0 radical (unpaired) electrons. The van der Waals surface area contributed by atoms with Gasteiger partial charge in [0.2, 0.25) is 0 Å². The van der Waals surface area contributed by atoms with Crippen LogP contribution in [0.4, 0.5) is 5.69 Å². The number of hydrogen-bond donors (Lipinski definition) is 0. The number of aryl methyl sites for hydroxylation is 1. The third-order valence-corrected chi connectivity index (χ3v) is 5.55. The average molecular weight is 390 g/mol. The molecule has 1 unspecified atom stereocenters. The molecule has 1 fully saturated rings. The largest absolute Gasteiger partial charge is 0.376 e. The first-order chi connectivity index (χ1) is 14.1. The van der Waals surface area contributed by atoms with Crippen molar-refractivity contribution in [3.63, 3.8) is 0 Å². The van der Waals surface area contributed by atoms with Crippen LogP contribution in [0.1, 0.15) is 30.9 Å². The fourth-order valence-electron chi connectivity index (χ4n) is 4.03. The fourth-order valence-corrected chi connectivity index (χ4v) is 4.03. The highest BCUT2D eigenvalue weighted by Crippen LogP contribution is 2.35. The van der Waals surface area contributed by atoms with Crippen molar-refractivity contribution in [2.24, 2.45) is 0 Å². The van der Waals surface area contributed by atoms with Crippen molar-refractivity contribution in [3.05, 3.63) is 71.4 Å². The lowest BCUT2D eigenvalue weighted by atomic mass is 10.0. The van der Waals surface area contributed by atoms with E-state index in [0.29, 0.717) is 31.0 Å². The number of anilines is 1. The predicted molar refractivity (Wildman–Crippen MR) is 113 cm³/mol. The van der Waals surface area contributed by atoms with E-state index in [1.54, 1.807) is 0 Å². The summed E-state index contributed by atoms with van der Waals surface area (Å²) >= 11 is 0. The minimum atomic E-state index is -0.244. The second-order valence-corrected chi connectivity index (χ2v) is 7.53. The molecular weight excluding hydrogens is 364 g/mol. The summed E-state index contributed by atoms with van der Waals surface area (Å²) in [5, 5.41) is 0. The van der Waals surface area contributed by atoms with Crippen molar-refractivity contribution < 1.29 is 14.3 Å². The zero-order valence-electron chi connectivity index (χ0n) is 16.9. The third-order valence-electron chi connectivity index (χ3n) is 5.55. The van der Waals surface area contributed by atoms with Crippen LogP contribution in [0.5, 0.6) is 0 Å². The van der Waals surface area contributed by atoms with Gasteiger partial charge in [-0.25, -0.2) is 0 Å². The number of para-hydroxylation sites is 1. The first-order valence-corrected chi connectivity index (χ1v) is 10.2. The average Bonchev–Trinajstić information content (AvgIpc) is 3.33. The molecule has 0 aromatic heterocycles. The molecule has 0 N–H and O–H groups in total. The first-order valence-electron chi connectivity index (χ1n) is 10.2. The number of likely N-dealkylation sites (N-methyl/N-ethyl adjacent to an activating group) is 1. The molecule has 2 aliphatic heterocycles. The molecule has 0 aliphatic carbocycles. The molecule has 2 heterocycles. The van der Waals surface area contributed by atoms with E-state index in [0.717, 1.165) is 29.7 Å². The Morgan fingerprint density at radius 1 is 1.03 bits per heavy atom. The predicted octanol–water partition coefficient (Wildman–Crippen LogP) is 3.78. The van der Waals surface area contributed by atoms with E-state index in [9.17, 15) is 9.59 Å². The molecule has 29 heavy (non-hydrogen) atoms. The summed E-state index contributed by atoms with van der Waals surface area (Å²) in [6, 6.07) is 17.5. The van der Waals surface area contributed by atoms with E-state index < -0.39 is 0 Å². The fraction of sp³-hybridized carbons (Fsp3) is 0.333. The van der Waals surface area contributed by atoms with E-state index in [1.165, 1.54) is 4.90 Å². The maximum atomic E-state index is 13.5. The number of ether oxygens (including phenoxy) is 1. The maximum absolute atomic E-state index is 13.5. The quantitative estimate of drug-likeness (QED) is 0.705. The van der Waals surface area contributed by atoms with Crippen molar-refractivity contribution >= 4 is 23.1 Å². The van der Waals surface area contributed by atoms with Crippen molar-refractivity contribution in [2.75, 3.05) is 24.6 Å². The Morgan fingerprint density at radius 2 is 1.76 bits per heavy atom. The molecule has 5 heteroatoms. The minimum absolute atomic E-state index is 0.0756. The van der Waals surface area contributed by atoms with Gasteiger partial charge in [-0.3, -0.25) is 14.5 Å². The van der Waals surface area contributed by atoms with Gasteiger partial charge in [-0.2, -0.15) is 0 Å². The van der Waals surface area contributed by atoms with Crippen LogP contribution in [0.3, 0.4) is 0 Å². The van der Waals surface area contributed by atoms with Gasteiger partial charge in [0, 0.05) is 18.8 Å². The summed E-state index contributed by atoms with van der Waals surface area (Å²) in [7, 11) is 0. The highest BCUT2D eigenvalue weighted by Gasteiger charge is 2.42. The molecular formula is C24H26N2O3. The van der Waals surface area contributed by atoms with Gasteiger partial charge in [0.05, 0.1) is 18.2 Å². The zero-order chi connectivity index (χ0) is 20.4. The van der Waals surface area contributed by atoms with E-state index in [2.05, 4.69) is 0 Å². The van der Waals surface area contributed by atoms with Crippen molar-refractivity contribution in [2.45, 2.75) is 32.8 Å². The Balaban J connectivity index is 1.79. The Morgan fingerprint density at radius 3 is 2.38 bits per heavy atom. The van der Waals surface area contributed by atoms with Crippen LogP contribution in [0.25, 0.3) is 5.57 Å². The van der Waals surface area contributed by atoms with Crippen LogP contribution >= 0.6 is 0 Å². The summed E-state index contributed by atoms with van der Waals surface area (Å²) < 4.78 is 5.70. The van der Waals surface area contributed by atoms with Crippen molar-refractivity contribution in [3.8, 4) is 0 Å². The lowest BCUT2D eigenvalue weighted by Gasteiger charge is -2.25. The molecule has 0 spiro atoms. The van der Waals surface area contributed by atoms with Gasteiger partial charge in [-0.15, -0.1) is 0 Å². The highest BCUT2D eigenvalue weighted by molar-refractivity contribution is 6.36. The summed E-state index contributed by atoms with van der Waals surface area (Å²) in [6.07, 6.45) is 1.77. The molecule has 0 bridgehead atoms. The van der Waals surface area contributed by atoms with Gasteiger partial charge < -0.3 is 9.64 Å². The first kappa shape index (κ1) is 19.4. The van der Waals surface area contributed by atoms with Gasteiger partial charge >= 0.3 is 0 Å². The van der Waals surface area contributed by atoms with E-state index in [4.69, 9.17) is 4.74 Å². The summed E-state index contributed by atoms with van der Waals surface area (Å²) in [4.78, 5) is 30.2.